The van der Waals surface area contributed by atoms with Crippen LogP contribution in [0.1, 0.15) is 54.5 Å². The first-order valence-corrected chi connectivity index (χ1v) is 14.9. The predicted molar refractivity (Wildman–Crippen MR) is 153 cm³/mol. The van der Waals surface area contributed by atoms with E-state index in [4.69, 9.17) is 0 Å². The molecule has 0 aliphatic heterocycles. The summed E-state index contributed by atoms with van der Waals surface area (Å²) >= 11 is 0. The van der Waals surface area contributed by atoms with Crippen LogP contribution in [0.4, 0.5) is 11.5 Å². The van der Waals surface area contributed by atoms with Gasteiger partial charge in [0, 0.05) is 23.1 Å². The Morgan fingerprint density at radius 1 is 0.868 bits per heavy atom. The Morgan fingerprint density at radius 2 is 1.53 bits per heavy atom. The zero-order chi connectivity index (χ0) is 26.2. The Morgan fingerprint density at radius 3 is 2.21 bits per heavy atom. The molecule has 6 heteroatoms. The van der Waals surface area contributed by atoms with Crippen LogP contribution in [-0.2, 0) is 21.9 Å². The molecule has 1 heterocycles. The lowest BCUT2D eigenvalue weighted by atomic mass is 9.61. The molecule has 4 aromatic rings. The smallest absolute Gasteiger partial charge is 0.269 e. The van der Waals surface area contributed by atoms with Gasteiger partial charge in [0.25, 0.3) is 10.0 Å². The van der Waals surface area contributed by atoms with Gasteiger partial charge in [-0.25, -0.2) is 12.7 Å². The molecule has 0 spiro atoms. The molecule has 1 unspecified atom stereocenters. The second-order valence-corrected chi connectivity index (χ2v) is 12.4. The zero-order valence-electron chi connectivity index (χ0n) is 21.7. The first-order chi connectivity index (χ1) is 18.5. The zero-order valence-corrected chi connectivity index (χ0v) is 22.5. The summed E-state index contributed by atoms with van der Waals surface area (Å²) in [5.41, 5.74) is 4.57. The lowest BCUT2D eigenvalue weighted by Gasteiger charge is -2.43. The van der Waals surface area contributed by atoms with Gasteiger partial charge in [0.15, 0.2) is 5.82 Å². The number of hydrogen-bond acceptors (Lipinski definition) is 3. The van der Waals surface area contributed by atoms with Gasteiger partial charge >= 0.3 is 0 Å². The first kappa shape index (κ1) is 24.7. The summed E-state index contributed by atoms with van der Waals surface area (Å²) in [5, 5.41) is 7.92. The number of para-hydroxylation sites is 1. The summed E-state index contributed by atoms with van der Waals surface area (Å²) in [5.74, 6) is 0.949. The van der Waals surface area contributed by atoms with Crippen molar-refractivity contribution in [1.82, 2.24) is 10.2 Å². The van der Waals surface area contributed by atoms with E-state index in [0.717, 1.165) is 23.2 Å². The topological polar surface area (TPSA) is 66.1 Å². The van der Waals surface area contributed by atoms with Gasteiger partial charge in [-0.2, -0.15) is 5.10 Å². The summed E-state index contributed by atoms with van der Waals surface area (Å²) < 4.78 is 29.5. The van der Waals surface area contributed by atoms with E-state index in [-0.39, 0.29) is 10.3 Å². The van der Waals surface area contributed by atoms with E-state index >= 15 is 0 Å². The number of nitrogens with one attached hydrogen (secondary N) is 1. The van der Waals surface area contributed by atoms with E-state index in [1.54, 1.807) is 12.1 Å². The fourth-order valence-electron chi connectivity index (χ4n) is 6.26. The number of H-pyrrole nitrogens is 1. The number of sulfonamides is 1. The highest BCUT2D eigenvalue weighted by atomic mass is 32.2. The van der Waals surface area contributed by atoms with Crippen molar-refractivity contribution < 1.29 is 8.42 Å². The minimum absolute atomic E-state index is 0.133. The monoisotopic (exact) mass is 523 g/mol. The molecule has 3 aromatic carbocycles. The van der Waals surface area contributed by atoms with Gasteiger partial charge in [-0.1, -0.05) is 97.6 Å². The number of allylic oxidation sites excluding steroid dienone is 1. The molecule has 5 nitrogen and oxygen atoms in total. The molecule has 1 N–H and O–H groups in total. The van der Waals surface area contributed by atoms with Crippen LogP contribution in [0.15, 0.2) is 95.9 Å². The average Bonchev–Trinajstić information content (AvgIpc) is 3.37. The van der Waals surface area contributed by atoms with E-state index in [2.05, 4.69) is 52.7 Å². The largest absolute Gasteiger partial charge is 0.280 e. The molecule has 0 saturated heterocycles. The third-order valence-corrected chi connectivity index (χ3v) is 10.00. The molecule has 1 atom stereocenters. The Balaban J connectivity index is 1.47. The van der Waals surface area contributed by atoms with Gasteiger partial charge in [0.1, 0.15) is 0 Å². The van der Waals surface area contributed by atoms with Crippen LogP contribution in [0.25, 0.3) is 6.08 Å². The van der Waals surface area contributed by atoms with Crippen LogP contribution >= 0.6 is 0 Å². The summed E-state index contributed by atoms with van der Waals surface area (Å²) in [6.45, 7) is 1.95. The molecular formula is C32H33N3O2S. The van der Waals surface area contributed by atoms with Crippen molar-refractivity contribution >= 4 is 27.6 Å². The second-order valence-electron chi connectivity index (χ2n) is 10.6. The van der Waals surface area contributed by atoms with Crippen molar-refractivity contribution in [2.45, 2.75) is 55.8 Å². The van der Waals surface area contributed by atoms with Crippen LogP contribution in [0.3, 0.4) is 0 Å². The van der Waals surface area contributed by atoms with Crippen LogP contribution < -0.4 is 4.31 Å². The molecule has 194 valence electrons. The molecule has 38 heavy (non-hydrogen) atoms. The summed E-state index contributed by atoms with van der Waals surface area (Å²) in [7, 11) is -3.91. The lowest BCUT2D eigenvalue weighted by molar-refractivity contribution is 0.241. The van der Waals surface area contributed by atoms with Gasteiger partial charge in [-0.15, -0.1) is 0 Å². The van der Waals surface area contributed by atoms with E-state index < -0.39 is 10.0 Å². The fourth-order valence-corrected chi connectivity index (χ4v) is 7.72. The highest BCUT2D eigenvalue weighted by Crippen LogP contribution is 2.48. The predicted octanol–water partition coefficient (Wildman–Crippen LogP) is 7.33. The third kappa shape index (κ3) is 4.27. The Bertz CT molecular complexity index is 1540. The SMILES string of the molecule is Cc1ccc(S(=O)(=O)N(c2ccccc2)c2n[nH]c3c2C=CC(c2ccccc2)(C2CCCCC2)C3)cc1. The number of nitrogens with zero attached hydrogens (tertiary/aromatic N) is 2. The van der Waals surface area contributed by atoms with E-state index in [0.29, 0.717) is 17.4 Å². The summed E-state index contributed by atoms with van der Waals surface area (Å²) in [6, 6.07) is 27.0. The maximum Gasteiger partial charge on any atom is 0.269 e. The molecule has 1 aromatic heterocycles. The van der Waals surface area contributed by atoms with Crippen molar-refractivity contribution in [2.75, 3.05) is 4.31 Å². The first-order valence-electron chi connectivity index (χ1n) is 13.5. The van der Waals surface area contributed by atoms with Crippen LogP contribution in [-0.4, -0.2) is 18.6 Å². The maximum atomic E-state index is 14.1. The van der Waals surface area contributed by atoms with Gasteiger partial charge in [0.05, 0.1) is 10.6 Å². The molecular weight excluding hydrogens is 490 g/mol. The number of rotatable bonds is 6. The lowest BCUT2D eigenvalue weighted by Crippen LogP contribution is -2.38. The van der Waals surface area contributed by atoms with Crippen LogP contribution in [0.2, 0.25) is 0 Å². The number of anilines is 2. The molecule has 1 fully saturated rings. The standard InChI is InChI=1S/C32H33N3O2S/c1-24-17-19-28(20-18-24)38(36,37)35(27-15-9-4-10-16-27)31-29-21-22-32(23-30(29)33-34-31,25-11-5-2-6-12-25)26-13-7-3-8-14-26/h2,4-6,9-12,15-22,26H,3,7-8,13-14,23H2,1H3,(H,33,34). The van der Waals surface area contributed by atoms with Gasteiger partial charge in [-0.3, -0.25) is 5.10 Å². The number of aryl methyl sites for hydroxylation is 1. The number of hydrogen-bond donors (Lipinski definition) is 1. The van der Waals surface area contributed by atoms with Crippen molar-refractivity contribution in [1.29, 1.82) is 0 Å². The molecule has 1 saturated carbocycles. The number of fused-ring (bicyclic) bond motifs is 1. The second kappa shape index (κ2) is 9.91. The average molecular weight is 524 g/mol. The Kier molecular flexibility index (Phi) is 6.44. The summed E-state index contributed by atoms with van der Waals surface area (Å²) in [6.07, 6.45) is 11.4. The van der Waals surface area contributed by atoms with Crippen molar-refractivity contribution in [3.8, 4) is 0 Å². The molecule has 2 aliphatic rings. The number of aromatic nitrogens is 2. The van der Waals surface area contributed by atoms with Gasteiger partial charge in [-0.05, 0) is 55.5 Å². The molecule has 0 amide bonds. The summed E-state index contributed by atoms with van der Waals surface area (Å²) in [4.78, 5) is 0.240. The van der Waals surface area contributed by atoms with Crippen molar-refractivity contribution in [3.05, 3.63) is 113 Å². The molecule has 0 bridgehead atoms. The number of benzene rings is 3. The number of aromatic amines is 1. The Hall–Kier alpha value is -3.64. The minimum atomic E-state index is -3.91. The van der Waals surface area contributed by atoms with Crippen LogP contribution in [0, 0.1) is 12.8 Å². The Labute approximate surface area is 225 Å². The highest BCUT2D eigenvalue weighted by Gasteiger charge is 2.43. The normalized spacial score (nSPS) is 19.7. The minimum Gasteiger partial charge on any atom is -0.280 e. The third-order valence-electron chi connectivity index (χ3n) is 8.27. The highest BCUT2D eigenvalue weighted by molar-refractivity contribution is 7.93. The maximum absolute atomic E-state index is 14.1. The van der Waals surface area contributed by atoms with Crippen molar-refractivity contribution in [2.24, 2.45) is 5.92 Å². The quantitative estimate of drug-likeness (QED) is 0.288. The van der Waals surface area contributed by atoms with E-state index in [1.807, 2.05) is 49.4 Å². The van der Waals surface area contributed by atoms with Gasteiger partial charge in [0.2, 0.25) is 0 Å². The van der Waals surface area contributed by atoms with Crippen molar-refractivity contribution in [3.63, 3.8) is 0 Å². The van der Waals surface area contributed by atoms with E-state index in [1.165, 1.54) is 42.0 Å². The van der Waals surface area contributed by atoms with E-state index in [9.17, 15) is 8.42 Å². The molecule has 2 aliphatic carbocycles. The van der Waals surface area contributed by atoms with Gasteiger partial charge < -0.3 is 0 Å². The molecule has 6 rings (SSSR count). The van der Waals surface area contributed by atoms with Crippen LogP contribution in [0.5, 0.6) is 0 Å². The fraction of sp³-hybridized carbons (Fsp3) is 0.281. The molecule has 0 radical (unpaired) electrons.